The van der Waals surface area contributed by atoms with Gasteiger partial charge in [0.25, 0.3) is 0 Å². The van der Waals surface area contributed by atoms with E-state index in [1.54, 1.807) is 12.1 Å². The maximum absolute atomic E-state index is 12.5. The van der Waals surface area contributed by atoms with E-state index in [0.29, 0.717) is 23.6 Å². The van der Waals surface area contributed by atoms with Crippen LogP contribution in [0.1, 0.15) is 18.4 Å². The first-order valence-electron chi connectivity index (χ1n) is 12.8. The molecular weight excluding hydrogens is 609 g/mol. The van der Waals surface area contributed by atoms with Crippen molar-refractivity contribution in [3.05, 3.63) is 47.2 Å². The Morgan fingerprint density at radius 1 is 0.854 bits per heavy atom. The SMILES string of the molecule is CS(=O)(=O)C[C@@H](Oc1ccc(C(F)(F)F)cn1)[C@H]1CCNC1.CS(=O)(=O)C[C@H](Oc1ccc(Cl)cn1)[C@H]1CCNC1. The van der Waals surface area contributed by atoms with Crippen LogP contribution in [-0.4, -0.2) is 89.2 Å². The smallest absolute Gasteiger partial charge is 0.417 e. The van der Waals surface area contributed by atoms with Crippen molar-refractivity contribution in [2.45, 2.75) is 31.2 Å². The monoisotopic (exact) mass is 642 g/mol. The standard InChI is InChI=1S/C13H17F3N2O3S.C12H17ClN2O3S/c1-22(19,20)8-11(9-4-5-17-6-9)21-12-3-2-10(7-18-12)13(14,15)16;1-19(16,17)8-11(9-4-5-14-6-9)18-12-3-2-10(13)7-15-12/h2-3,7,9,11,17H,4-6,8H2,1H3;2-3,7,9,11,14H,4-6,8H2,1H3/t9-,11+;9-,11-/m00/s1. The second kappa shape index (κ2) is 14.3. The van der Waals surface area contributed by atoms with Gasteiger partial charge in [0.15, 0.2) is 19.7 Å². The molecule has 2 aliphatic rings. The van der Waals surface area contributed by atoms with Gasteiger partial charge in [-0.25, -0.2) is 26.8 Å². The fraction of sp³-hybridized carbons (Fsp3) is 0.600. The van der Waals surface area contributed by atoms with Gasteiger partial charge >= 0.3 is 6.18 Å². The topological polar surface area (TPSA) is 137 Å². The predicted octanol–water partition coefficient (Wildman–Crippen LogP) is 2.64. The van der Waals surface area contributed by atoms with Crippen LogP contribution in [0.2, 0.25) is 5.02 Å². The van der Waals surface area contributed by atoms with Crippen LogP contribution in [0.5, 0.6) is 11.8 Å². The summed E-state index contributed by atoms with van der Waals surface area (Å²) in [6.07, 6.45) is 0.684. The number of hydrogen-bond acceptors (Lipinski definition) is 10. The average Bonchev–Trinajstić information content (AvgIpc) is 3.58. The third-order valence-electron chi connectivity index (χ3n) is 6.49. The molecule has 2 aromatic rings. The molecule has 0 spiro atoms. The molecule has 16 heteroatoms. The normalized spacial score (nSPS) is 21.0. The number of nitrogens with zero attached hydrogens (tertiary/aromatic N) is 2. The molecule has 2 fully saturated rings. The van der Waals surface area contributed by atoms with Crippen LogP contribution in [0.3, 0.4) is 0 Å². The Bertz CT molecular complexity index is 1320. The van der Waals surface area contributed by atoms with Crippen LogP contribution in [0.25, 0.3) is 0 Å². The fourth-order valence-electron chi connectivity index (χ4n) is 4.48. The van der Waals surface area contributed by atoms with Crippen molar-refractivity contribution in [3.63, 3.8) is 0 Å². The van der Waals surface area contributed by atoms with Gasteiger partial charge in [-0.3, -0.25) is 0 Å². The molecule has 0 amide bonds. The molecule has 41 heavy (non-hydrogen) atoms. The Morgan fingerprint density at radius 3 is 1.63 bits per heavy atom. The highest BCUT2D eigenvalue weighted by atomic mass is 35.5. The predicted molar refractivity (Wildman–Crippen MR) is 149 cm³/mol. The van der Waals surface area contributed by atoms with Crippen molar-refractivity contribution in [2.75, 3.05) is 50.2 Å². The third-order valence-corrected chi connectivity index (χ3v) is 8.58. The molecule has 4 heterocycles. The summed E-state index contributed by atoms with van der Waals surface area (Å²) in [5, 5.41) is 6.85. The van der Waals surface area contributed by atoms with Gasteiger partial charge in [-0.1, -0.05) is 11.6 Å². The van der Waals surface area contributed by atoms with Gasteiger partial charge in [-0.15, -0.1) is 0 Å². The van der Waals surface area contributed by atoms with Gasteiger partial charge in [-0.05, 0) is 38.1 Å². The maximum atomic E-state index is 12.5. The minimum absolute atomic E-state index is 0.00362. The number of rotatable bonds is 10. The van der Waals surface area contributed by atoms with E-state index in [2.05, 4.69) is 20.6 Å². The molecule has 0 aromatic carbocycles. The van der Waals surface area contributed by atoms with Gasteiger partial charge < -0.3 is 20.1 Å². The number of nitrogens with one attached hydrogen (secondary N) is 2. The Balaban J connectivity index is 0.000000228. The van der Waals surface area contributed by atoms with E-state index in [4.69, 9.17) is 21.1 Å². The third kappa shape index (κ3) is 11.9. The minimum Gasteiger partial charge on any atom is -0.473 e. The van der Waals surface area contributed by atoms with E-state index in [-0.39, 0.29) is 35.3 Å². The molecule has 2 aromatic heterocycles. The molecular formula is C25H34ClF3N4O6S2. The maximum Gasteiger partial charge on any atom is 0.417 e. The summed E-state index contributed by atoms with van der Waals surface area (Å²) >= 11 is 5.76. The molecule has 230 valence electrons. The quantitative estimate of drug-likeness (QED) is 0.398. The van der Waals surface area contributed by atoms with Crippen LogP contribution < -0.4 is 20.1 Å². The number of pyridine rings is 2. The van der Waals surface area contributed by atoms with Crippen molar-refractivity contribution >= 4 is 31.3 Å². The first-order chi connectivity index (χ1) is 19.1. The van der Waals surface area contributed by atoms with Crippen LogP contribution in [0, 0.1) is 11.8 Å². The number of sulfone groups is 2. The molecule has 0 saturated carbocycles. The Hall–Kier alpha value is -2.20. The van der Waals surface area contributed by atoms with E-state index in [1.165, 1.54) is 12.5 Å². The van der Waals surface area contributed by atoms with E-state index in [9.17, 15) is 30.0 Å². The van der Waals surface area contributed by atoms with Crippen molar-refractivity contribution < 1.29 is 39.5 Å². The van der Waals surface area contributed by atoms with Crippen molar-refractivity contribution in [2.24, 2.45) is 11.8 Å². The fourth-order valence-corrected chi connectivity index (χ4v) is 6.46. The summed E-state index contributed by atoms with van der Waals surface area (Å²) in [6, 6.07) is 5.31. The lowest BCUT2D eigenvalue weighted by Gasteiger charge is -2.23. The number of hydrogen-bond donors (Lipinski definition) is 2. The summed E-state index contributed by atoms with van der Waals surface area (Å²) < 4.78 is 94.7. The molecule has 0 radical (unpaired) electrons. The molecule has 10 nitrogen and oxygen atoms in total. The summed E-state index contributed by atoms with van der Waals surface area (Å²) in [4.78, 5) is 7.68. The largest absolute Gasteiger partial charge is 0.473 e. The average molecular weight is 643 g/mol. The molecule has 0 bridgehead atoms. The lowest BCUT2D eigenvalue weighted by Crippen LogP contribution is -2.35. The van der Waals surface area contributed by atoms with Crippen LogP contribution in [-0.2, 0) is 25.9 Å². The molecule has 4 rings (SSSR count). The molecule has 0 unspecified atom stereocenters. The molecule has 2 aliphatic heterocycles. The lowest BCUT2D eigenvalue weighted by molar-refractivity contribution is -0.137. The van der Waals surface area contributed by atoms with E-state index in [1.807, 2.05) is 0 Å². The lowest BCUT2D eigenvalue weighted by atomic mass is 10.0. The first kappa shape index (κ1) is 33.3. The highest BCUT2D eigenvalue weighted by Gasteiger charge is 2.33. The second-order valence-corrected chi connectivity index (χ2v) is 15.0. The number of alkyl halides is 3. The van der Waals surface area contributed by atoms with Crippen molar-refractivity contribution in [1.82, 2.24) is 20.6 Å². The zero-order chi connectivity index (χ0) is 30.3. The van der Waals surface area contributed by atoms with Gasteiger partial charge in [0.1, 0.15) is 12.2 Å². The van der Waals surface area contributed by atoms with Gasteiger partial charge in [0, 0.05) is 62.0 Å². The summed E-state index contributed by atoms with van der Waals surface area (Å²) in [5.74, 6) is 0.385. The first-order valence-corrected chi connectivity index (χ1v) is 17.3. The minimum atomic E-state index is -4.47. The van der Waals surface area contributed by atoms with Crippen LogP contribution in [0.15, 0.2) is 36.7 Å². The zero-order valence-electron chi connectivity index (χ0n) is 22.6. The van der Waals surface area contributed by atoms with E-state index >= 15 is 0 Å². The number of ether oxygens (including phenoxy) is 2. The molecule has 2 N–H and O–H groups in total. The molecule has 2 saturated heterocycles. The second-order valence-electron chi connectivity index (χ2n) is 10.2. The van der Waals surface area contributed by atoms with Crippen molar-refractivity contribution in [1.29, 1.82) is 0 Å². The highest BCUT2D eigenvalue weighted by molar-refractivity contribution is 7.90. The number of aromatic nitrogens is 2. The summed E-state index contributed by atoms with van der Waals surface area (Å²) in [7, 11) is -6.37. The highest BCUT2D eigenvalue weighted by Crippen LogP contribution is 2.30. The summed E-state index contributed by atoms with van der Waals surface area (Å²) in [6.45, 7) is 3.03. The van der Waals surface area contributed by atoms with Gasteiger partial charge in [0.2, 0.25) is 11.8 Å². The Labute approximate surface area is 243 Å². The molecule has 4 atom stereocenters. The van der Waals surface area contributed by atoms with E-state index in [0.717, 1.165) is 50.9 Å². The summed E-state index contributed by atoms with van der Waals surface area (Å²) in [5.41, 5.74) is -0.873. The van der Waals surface area contributed by atoms with Crippen LogP contribution in [0.4, 0.5) is 13.2 Å². The Kier molecular flexibility index (Phi) is 11.6. The van der Waals surface area contributed by atoms with Gasteiger partial charge in [-0.2, -0.15) is 13.2 Å². The van der Waals surface area contributed by atoms with Crippen molar-refractivity contribution in [3.8, 4) is 11.8 Å². The van der Waals surface area contributed by atoms with Gasteiger partial charge in [0.05, 0.1) is 22.1 Å². The Morgan fingerprint density at radius 2 is 1.32 bits per heavy atom. The van der Waals surface area contributed by atoms with Crippen LogP contribution >= 0.6 is 11.6 Å². The molecule has 0 aliphatic carbocycles. The van der Waals surface area contributed by atoms with E-state index < -0.39 is 37.5 Å². The zero-order valence-corrected chi connectivity index (χ0v) is 25.0. The number of halogens is 4.